The monoisotopic (exact) mass is 379 g/mol. The molecule has 0 radical (unpaired) electrons. The highest BCUT2D eigenvalue weighted by atomic mass is 16.6. The minimum absolute atomic E-state index is 0.146. The maximum Gasteiger partial charge on any atom is 0.294 e. The van der Waals surface area contributed by atoms with Crippen LogP contribution in [0.25, 0.3) is 5.69 Å². The number of anilines is 1. The average Bonchev–Trinajstić information content (AvgIpc) is 3.22. The van der Waals surface area contributed by atoms with E-state index in [0.717, 1.165) is 11.3 Å². The van der Waals surface area contributed by atoms with Crippen LogP contribution in [0.1, 0.15) is 15.9 Å². The van der Waals surface area contributed by atoms with Gasteiger partial charge in [0.2, 0.25) is 0 Å². The molecule has 0 atom stereocenters. The summed E-state index contributed by atoms with van der Waals surface area (Å²) in [7, 11) is 5.60. The Balaban J connectivity index is 1.81. The molecule has 3 rings (SSSR count). The number of carbonyl (C=O) groups excluding carboxylic acids is 1. The largest absolute Gasteiger partial charge is 0.378 e. The lowest BCUT2D eigenvalue weighted by Gasteiger charge is -2.19. The van der Waals surface area contributed by atoms with E-state index in [1.807, 2.05) is 43.3 Å². The SMILES string of the molecule is CN(Cc1ccc(N(C)C)cc1)C(=O)c1ccc(-n2ccnc2)c([N+](=O)[O-])c1. The maximum atomic E-state index is 12.8. The Hall–Kier alpha value is -3.68. The van der Waals surface area contributed by atoms with Gasteiger partial charge in [0, 0.05) is 57.4 Å². The second kappa shape index (κ2) is 7.91. The summed E-state index contributed by atoms with van der Waals surface area (Å²) in [6.45, 7) is 0.406. The first kappa shape index (κ1) is 19.1. The van der Waals surface area contributed by atoms with Crippen LogP contribution in [0.4, 0.5) is 11.4 Å². The summed E-state index contributed by atoms with van der Waals surface area (Å²) in [5.41, 5.74) is 2.53. The molecular weight excluding hydrogens is 358 g/mol. The van der Waals surface area contributed by atoms with Crippen molar-refractivity contribution in [3.8, 4) is 5.69 Å². The molecule has 1 aromatic heterocycles. The summed E-state index contributed by atoms with van der Waals surface area (Å²) >= 11 is 0. The molecule has 0 aliphatic carbocycles. The van der Waals surface area contributed by atoms with Gasteiger partial charge in [-0.2, -0.15) is 0 Å². The molecule has 0 unspecified atom stereocenters. The molecule has 0 spiro atoms. The van der Waals surface area contributed by atoms with Crippen LogP contribution in [0.5, 0.6) is 0 Å². The first-order valence-electron chi connectivity index (χ1n) is 8.65. The molecule has 0 saturated carbocycles. The van der Waals surface area contributed by atoms with E-state index in [0.29, 0.717) is 12.2 Å². The molecule has 0 aliphatic heterocycles. The van der Waals surface area contributed by atoms with Crippen LogP contribution in [-0.4, -0.2) is 46.4 Å². The van der Waals surface area contributed by atoms with E-state index in [2.05, 4.69) is 4.98 Å². The van der Waals surface area contributed by atoms with Crippen molar-refractivity contribution in [1.82, 2.24) is 14.5 Å². The molecule has 1 amide bonds. The fourth-order valence-corrected chi connectivity index (χ4v) is 2.89. The summed E-state index contributed by atoms with van der Waals surface area (Å²) in [5, 5.41) is 11.5. The van der Waals surface area contributed by atoms with Crippen LogP contribution in [0.15, 0.2) is 61.2 Å². The highest BCUT2D eigenvalue weighted by Crippen LogP contribution is 2.25. The van der Waals surface area contributed by atoms with Crippen molar-refractivity contribution in [3.05, 3.63) is 82.4 Å². The summed E-state index contributed by atoms with van der Waals surface area (Å²) < 4.78 is 1.54. The highest BCUT2D eigenvalue weighted by molar-refractivity contribution is 5.95. The number of hydrogen-bond donors (Lipinski definition) is 0. The van der Waals surface area contributed by atoms with Crippen molar-refractivity contribution >= 4 is 17.3 Å². The van der Waals surface area contributed by atoms with E-state index in [1.165, 1.54) is 18.6 Å². The summed E-state index contributed by atoms with van der Waals surface area (Å²) in [4.78, 5) is 31.2. The van der Waals surface area contributed by atoms with E-state index in [1.54, 1.807) is 34.8 Å². The highest BCUT2D eigenvalue weighted by Gasteiger charge is 2.20. The normalized spacial score (nSPS) is 10.5. The topological polar surface area (TPSA) is 84.5 Å². The van der Waals surface area contributed by atoms with Gasteiger partial charge in [-0.3, -0.25) is 14.9 Å². The van der Waals surface area contributed by atoms with Crippen LogP contribution in [0, 0.1) is 10.1 Å². The molecule has 0 aliphatic rings. The minimum Gasteiger partial charge on any atom is -0.378 e. The number of benzene rings is 2. The van der Waals surface area contributed by atoms with Gasteiger partial charge in [-0.1, -0.05) is 12.1 Å². The third-order valence-corrected chi connectivity index (χ3v) is 4.42. The lowest BCUT2D eigenvalue weighted by atomic mass is 10.1. The third kappa shape index (κ3) is 4.01. The lowest BCUT2D eigenvalue weighted by Crippen LogP contribution is -2.26. The third-order valence-electron chi connectivity index (χ3n) is 4.42. The summed E-state index contributed by atoms with van der Waals surface area (Å²) in [6, 6.07) is 12.4. The minimum atomic E-state index is -0.494. The molecule has 1 heterocycles. The van der Waals surface area contributed by atoms with E-state index < -0.39 is 4.92 Å². The van der Waals surface area contributed by atoms with E-state index in [9.17, 15) is 14.9 Å². The Bertz CT molecular complexity index is 982. The average molecular weight is 379 g/mol. The molecule has 0 N–H and O–H groups in total. The number of nitro groups is 1. The Morgan fingerprint density at radius 2 is 1.86 bits per heavy atom. The molecular formula is C20H21N5O3. The van der Waals surface area contributed by atoms with Crippen molar-refractivity contribution in [2.75, 3.05) is 26.0 Å². The van der Waals surface area contributed by atoms with Gasteiger partial charge in [0.1, 0.15) is 5.69 Å². The zero-order valence-electron chi connectivity index (χ0n) is 15.9. The molecule has 28 heavy (non-hydrogen) atoms. The molecule has 0 fully saturated rings. The van der Waals surface area contributed by atoms with Crippen LogP contribution in [0.3, 0.4) is 0 Å². The number of aromatic nitrogens is 2. The number of nitrogens with zero attached hydrogens (tertiary/aromatic N) is 5. The molecule has 8 heteroatoms. The Kier molecular flexibility index (Phi) is 5.39. The van der Waals surface area contributed by atoms with Crippen molar-refractivity contribution in [1.29, 1.82) is 0 Å². The Morgan fingerprint density at radius 3 is 2.43 bits per heavy atom. The zero-order chi connectivity index (χ0) is 20.3. The van der Waals surface area contributed by atoms with Crippen LogP contribution in [0.2, 0.25) is 0 Å². The number of imidazole rings is 1. The predicted octanol–water partition coefficient (Wildman–Crippen LogP) is 3.12. The molecule has 3 aromatic rings. The fourth-order valence-electron chi connectivity index (χ4n) is 2.89. The van der Waals surface area contributed by atoms with Gasteiger partial charge in [-0.05, 0) is 29.8 Å². The first-order chi connectivity index (χ1) is 13.4. The zero-order valence-corrected chi connectivity index (χ0v) is 15.9. The smallest absolute Gasteiger partial charge is 0.294 e. The van der Waals surface area contributed by atoms with Crippen molar-refractivity contribution in [2.24, 2.45) is 0 Å². The molecule has 0 bridgehead atoms. The van der Waals surface area contributed by atoms with Gasteiger partial charge in [0.05, 0.1) is 11.3 Å². The molecule has 8 nitrogen and oxygen atoms in total. The lowest BCUT2D eigenvalue weighted by molar-refractivity contribution is -0.384. The van der Waals surface area contributed by atoms with Gasteiger partial charge < -0.3 is 14.4 Å². The number of carbonyl (C=O) groups is 1. The standard InChI is InChI=1S/C20H21N5O3/c1-22(2)17-7-4-15(5-8-17)13-23(3)20(26)16-6-9-18(19(12-16)25(27)28)24-11-10-21-14-24/h4-12,14H,13H2,1-3H3. The molecule has 0 saturated heterocycles. The van der Waals surface area contributed by atoms with E-state index in [-0.39, 0.29) is 17.2 Å². The number of nitro benzene ring substituents is 1. The fraction of sp³-hybridized carbons (Fsp3) is 0.200. The van der Waals surface area contributed by atoms with Gasteiger partial charge in [0.25, 0.3) is 11.6 Å². The second-order valence-electron chi connectivity index (χ2n) is 6.65. The van der Waals surface area contributed by atoms with Gasteiger partial charge in [-0.25, -0.2) is 4.98 Å². The first-order valence-corrected chi connectivity index (χ1v) is 8.65. The Labute approximate surface area is 162 Å². The number of amides is 1. The van der Waals surface area contributed by atoms with Crippen molar-refractivity contribution in [2.45, 2.75) is 6.54 Å². The summed E-state index contributed by atoms with van der Waals surface area (Å²) in [6.07, 6.45) is 4.64. The van der Waals surface area contributed by atoms with Gasteiger partial charge >= 0.3 is 0 Å². The maximum absolute atomic E-state index is 12.8. The summed E-state index contributed by atoms with van der Waals surface area (Å²) in [5.74, 6) is -0.281. The quantitative estimate of drug-likeness (QED) is 0.485. The van der Waals surface area contributed by atoms with Crippen molar-refractivity contribution in [3.63, 3.8) is 0 Å². The Morgan fingerprint density at radius 1 is 1.14 bits per heavy atom. The van der Waals surface area contributed by atoms with Crippen molar-refractivity contribution < 1.29 is 9.72 Å². The number of hydrogen-bond acceptors (Lipinski definition) is 5. The van der Waals surface area contributed by atoms with E-state index in [4.69, 9.17) is 0 Å². The van der Waals surface area contributed by atoms with Crippen LogP contribution >= 0.6 is 0 Å². The van der Waals surface area contributed by atoms with Crippen LogP contribution < -0.4 is 4.90 Å². The molecule has 2 aromatic carbocycles. The van der Waals surface area contributed by atoms with Crippen LogP contribution in [-0.2, 0) is 6.54 Å². The van der Waals surface area contributed by atoms with Gasteiger partial charge in [0.15, 0.2) is 0 Å². The predicted molar refractivity (Wildman–Crippen MR) is 107 cm³/mol. The van der Waals surface area contributed by atoms with E-state index >= 15 is 0 Å². The van der Waals surface area contributed by atoms with Gasteiger partial charge in [-0.15, -0.1) is 0 Å². The molecule has 144 valence electrons. The number of rotatable bonds is 6. The second-order valence-corrected chi connectivity index (χ2v) is 6.65.